The number of benzene rings is 1. The lowest BCUT2D eigenvalue weighted by Gasteiger charge is -2.13. The number of fused-ring (bicyclic) bond motifs is 1. The number of amides is 2. The molecule has 2 amide bonds. The summed E-state index contributed by atoms with van der Waals surface area (Å²) in [5, 5.41) is 8.92. The zero-order valence-electron chi connectivity index (χ0n) is 16.8. The van der Waals surface area contributed by atoms with Crippen molar-refractivity contribution in [1.29, 1.82) is 0 Å². The summed E-state index contributed by atoms with van der Waals surface area (Å²) < 4.78 is 40.8. The molecule has 168 valence electrons. The Morgan fingerprint density at radius 2 is 1.76 bits per heavy atom. The Morgan fingerprint density at radius 1 is 1.03 bits per heavy atom. The summed E-state index contributed by atoms with van der Waals surface area (Å²) >= 11 is 6.07. The van der Waals surface area contributed by atoms with Gasteiger partial charge in [-0.2, -0.15) is 18.3 Å². The fourth-order valence-corrected chi connectivity index (χ4v) is 3.39. The first-order chi connectivity index (χ1) is 15.7. The van der Waals surface area contributed by atoms with Crippen LogP contribution in [0.25, 0.3) is 16.7 Å². The van der Waals surface area contributed by atoms with Crippen LogP contribution in [0.15, 0.2) is 54.9 Å². The minimum Gasteiger partial charge on any atom is -0.355 e. The van der Waals surface area contributed by atoms with Gasteiger partial charge in [0.2, 0.25) is 0 Å². The highest BCUT2D eigenvalue weighted by molar-refractivity contribution is 6.32. The summed E-state index contributed by atoms with van der Waals surface area (Å²) in [6.07, 6.45) is -1.97. The molecule has 0 spiro atoms. The van der Waals surface area contributed by atoms with Gasteiger partial charge in [0.25, 0.3) is 11.8 Å². The van der Waals surface area contributed by atoms with Gasteiger partial charge in [-0.15, -0.1) is 0 Å². The van der Waals surface area contributed by atoms with Gasteiger partial charge in [0.15, 0.2) is 11.5 Å². The Labute approximate surface area is 189 Å². The number of anilines is 1. The maximum absolute atomic E-state index is 13.4. The van der Waals surface area contributed by atoms with Crippen molar-refractivity contribution in [3.8, 4) is 5.82 Å². The number of carbonyl (C=O) groups is 2. The van der Waals surface area contributed by atoms with Crippen LogP contribution >= 0.6 is 11.6 Å². The molecule has 8 nitrogen and oxygen atoms in total. The molecule has 0 fully saturated rings. The van der Waals surface area contributed by atoms with Crippen molar-refractivity contribution in [2.45, 2.75) is 6.18 Å². The van der Waals surface area contributed by atoms with Crippen LogP contribution in [0, 0.1) is 0 Å². The van der Waals surface area contributed by atoms with E-state index < -0.39 is 29.4 Å². The summed E-state index contributed by atoms with van der Waals surface area (Å²) in [4.78, 5) is 33.8. The molecule has 2 N–H and O–H groups in total. The molecule has 0 atom stereocenters. The number of halogens is 4. The van der Waals surface area contributed by atoms with Crippen molar-refractivity contribution in [2.75, 3.05) is 12.4 Å². The maximum Gasteiger partial charge on any atom is 0.435 e. The van der Waals surface area contributed by atoms with Crippen LogP contribution in [0.2, 0.25) is 5.02 Å². The molecule has 0 aliphatic heterocycles. The third kappa shape index (κ3) is 4.22. The molecule has 1 aromatic carbocycles. The zero-order valence-corrected chi connectivity index (χ0v) is 17.6. The van der Waals surface area contributed by atoms with Gasteiger partial charge in [-0.1, -0.05) is 17.7 Å². The average Bonchev–Trinajstić information content (AvgIpc) is 3.25. The van der Waals surface area contributed by atoms with Crippen LogP contribution in [0.5, 0.6) is 0 Å². The van der Waals surface area contributed by atoms with Crippen LogP contribution < -0.4 is 10.6 Å². The second-order valence-corrected chi connectivity index (χ2v) is 7.13. The first-order valence-corrected chi connectivity index (χ1v) is 9.78. The van der Waals surface area contributed by atoms with E-state index in [1.54, 1.807) is 24.4 Å². The highest BCUT2D eigenvalue weighted by Crippen LogP contribution is 2.31. The van der Waals surface area contributed by atoms with Crippen LogP contribution in [0.3, 0.4) is 0 Å². The van der Waals surface area contributed by atoms with Gasteiger partial charge in [-0.05, 0) is 30.3 Å². The number of alkyl halides is 3. The number of pyridine rings is 2. The third-order valence-electron chi connectivity index (χ3n) is 4.66. The number of aromatic nitrogens is 4. The molecule has 3 aromatic heterocycles. The standard InChI is InChI=1S/C21H14ClF3N6O2/c1-26-20(33)17-11-4-2-8-27-13(11)6-7-14(17)29-19(32)15-10-16(21(23,24)25)30-31(15)18-12(22)5-3-9-28-18/h2-10H,1H3,(H,26,33)(H,29,32). The Kier molecular flexibility index (Phi) is 5.73. The predicted molar refractivity (Wildman–Crippen MR) is 114 cm³/mol. The van der Waals surface area contributed by atoms with Crippen molar-refractivity contribution in [3.63, 3.8) is 0 Å². The molecule has 0 aliphatic rings. The van der Waals surface area contributed by atoms with Crippen molar-refractivity contribution in [3.05, 3.63) is 76.8 Å². The molecule has 0 saturated heterocycles. The van der Waals surface area contributed by atoms with E-state index in [9.17, 15) is 22.8 Å². The highest BCUT2D eigenvalue weighted by Gasteiger charge is 2.36. The lowest BCUT2D eigenvalue weighted by molar-refractivity contribution is -0.141. The maximum atomic E-state index is 13.4. The van der Waals surface area contributed by atoms with Gasteiger partial charge in [-0.25, -0.2) is 9.67 Å². The Morgan fingerprint density at radius 3 is 2.45 bits per heavy atom. The van der Waals surface area contributed by atoms with E-state index in [0.717, 1.165) is 0 Å². The second-order valence-electron chi connectivity index (χ2n) is 6.72. The van der Waals surface area contributed by atoms with Crippen molar-refractivity contribution in [2.24, 2.45) is 0 Å². The van der Waals surface area contributed by atoms with Gasteiger partial charge in [0.05, 0.1) is 21.8 Å². The van der Waals surface area contributed by atoms with Crippen LogP contribution in [-0.4, -0.2) is 38.6 Å². The molecular weight excluding hydrogens is 461 g/mol. The summed E-state index contributed by atoms with van der Waals surface area (Å²) in [5.74, 6) is -1.62. The molecule has 0 aliphatic carbocycles. The Hall–Kier alpha value is -3.99. The van der Waals surface area contributed by atoms with Gasteiger partial charge in [0.1, 0.15) is 5.69 Å². The fourth-order valence-electron chi connectivity index (χ4n) is 3.19. The minimum atomic E-state index is -4.82. The number of hydrogen-bond donors (Lipinski definition) is 2. The lowest BCUT2D eigenvalue weighted by atomic mass is 10.0. The molecule has 3 heterocycles. The molecule has 0 unspecified atom stereocenters. The molecule has 4 rings (SSSR count). The first kappa shape index (κ1) is 22.2. The van der Waals surface area contributed by atoms with Crippen LogP contribution in [0.4, 0.5) is 18.9 Å². The number of nitrogens with one attached hydrogen (secondary N) is 2. The largest absolute Gasteiger partial charge is 0.435 e. The topological polar surface area (TPSA) is 102 Å². The lowest BCUT2D eigenvalue weighted by Crippen LogP contribution is -2.23. The summed E-state index contributed by atoms with van der Waals surface area (Å²) in [6, 6.07) is 9.75. The monoisotopic (exact) mass is 474 g/mol. The average molecular weight is 475 g/mol. The molecule has 0 radical (unpaired) electrons. The molecule has 33 heavy (non-hydrogen) atoms. The van der Waals surface area contributed by atoms with Gasteiger partial charge >= 0.3 is 6.18 Å². The first-order valence-electron chi connectivity index (χ1n) is 9.40. The van der Waals surface area contributed by atoms with Gasteiger partial charge in [0, 0.05) is 30.9 Å². The normalized spacial score (nSPS) is 11.4. The molecule has 0 saturated carbocycles. The van der Waals surface area contributed by atoms with Gasteiger partial charge < -0.3 is 10.6 Å². The predicted octanol–water partition coefficient (Wildman–Crippen LogP) is 4.10. The summed E-state index contributed by atoms with van der Waals surface area (Å²) in [7, 11) is 1.41. The Bertz CT molecular complexity index is 1390. The second kappa shape index (κ2) is 8.51. The van der Waals surface area contributed by atoms with Crippen LogP contribution in [0.1, 0.15) is 26.5 Å². The fraction of sp³-hybridized carbons (Fsp3) is 0.0952. The van der Waals surface area contributed by atoms with E-state index in [2.05, 4.69) is 25.7 Å². The van der Waals surface area contributed by atoms with Crippen LogP contribution in [-0.2, 0) is 6.18 Å². The smallest absolute Gasteiger partial charge is 0.355 e. The van der Waals surface area contributed by atoms with Gasteiger partial charge in [-0.3, -0.25) is 14.6 Å². The number of carbonyl (C=O) groups excluding carboxylic acids is 2. The molecule has 4 aromatic rings. The molecular formula is C21H14ClF3N6O2. The summed E-state index contributed by atoms with van der Waals surface area (Å²) in [5.41, 5.74) is -1.10. The van der Waals surface area contributed by atoms with Crippen molar-refractivity contribution in [1.82, 2.24) is 25.1 Å². The number of rotatable bonds is 4. The van der Waals surface area contributed by atoms with E-state index >= 15 is 0 Å². The third-order valence-corrected chi connectivity index (χ3v) is 4.95. The van der Waals surface area contributed by atoms with Crippen molar-refractivity contribution >= 4 is 40.0 Å². The SMILES string of the molecule is CNC(=O)c1c(NC(=O)c2cc(C(F)(F)F)nn2-c2ncccc2Cl)ccc2ncccc12. The zero-order chi connectivity index (χ0) is 23.8. The van der Waals surface area contributed by atoms with E-state index in [-0.39, 0.29) is 22.1 Å². The van der Waals surface area contributed by atoms with E-state index in [4.69, 9.17) is 11.6 Å². The van der Waals surface area contributed by atoms with E-state index in [1.807, 2.05) is 0 Å². The number of nitrogens with zero attached hydrogens (tertiary/aromatic N) is 4. The number of hydrogen-bond acceptors (Lipinski definition) is 5. The van der Waals surface area contributed by atoms with E-state index in [1.165, 1.54) is 31.4 Å². The molecule has 12 heteroatoms. The minimum absolute atomic E-state index is 0.00814. The highest BCUT2D eigenvalue weighted by atomic mass is 35.5. The quantitative estimate of drug-likeness (QED) is 0.463. The molecule has 0 bridgehead atoms. The summed E-state index contributed by atoms with van der Waals surface area (Å²) in [6.45, 7) is 0. The van der Waals surface area contributed by atoms with E-state index in [0.29, 0.717) is 21.7 Å². The Balaban J connectivity index is 1.83. The van der Waals surface area contributed by atoms with Crippen molar-refractivity contribution < 1.29 is 22.8 Å².